The Bertz CT molecular complexity index is 1020. The average Bonchev–Trinajstić information content (AvgIpc) is 2.96. The van der Waals surface area contributed by atoms with Crippen LogP contribution >= 0.6 is 11.3 Å². The molecule has 3 rings (SSSR count). The molecule has 11 heteroatoms. The molecule has 150 valence electrons. The third-order valence-corrected chi connectivity index (χ3v) is 5.42. The van der Waals surface area contributed by atoms with Gasteiger partial charge in [-0.15, -0.1) is 0 Å². The second-order valence-corrected chi connectivity index (χ2v) is 8.01. The lowest BCUT2D eigenvalue weighted by Gasteiger charge is -2.27. The maximum absolute atomic E-state index is 12.8. The Balaban J connectivity index is 1.97. The molecule has 2 aromatic heterocycles. The van der Waals surface area contributed by atoms with Crippen molar-refractivity contribution in [2.75, 3.05) is 13.1 Å². The van der Waals surface area contributed by atoms with Crippen LogP contribution in [0.15, 0.2) is 4.79 Å². The predicted molar refractivity (Wildman–Crippen MR) is 99.5 cm³/mol. The number of aromatic hydroxyl groups is 1. The van der Waals surface area contributed by atoms with Crippen molar-refractivity contribution in [2.24, 2.45) is 5.92 Å². The van der Waals surface area contributed by atoms with Crippen LogP contribution in [0.1, 0.15) is 41.2 Å². The minimum atomic E-state index is -1.28. The van der Waals surface area contributed by atoms with Gasteiger partial charge < -0.3 is 20.4 Å². The number of hydrogen-bond acceptors (Lipinski definition) is 7. The summed E-state index contributed by atoms with van der Waals surface area (Å²) in [5, 5.41) is 20.8. The van der Waals surface area contributed by atoms with E-state index in [1.807, 2.05) is 13.8 Å². The molecule has 3 N–H and O–H groups in total. The van der Waals surface area contributed by atoms with Crippen LogP contribution in [0, 0.1) is 5.92 Å². The standard InChI is InChI=1S/C17H20N4O6S/c1-8(2)5-11(22)20-4-3-9-10(7-20)28-17-19-15(26)13(16(27)21(9)17)14(25)18-6-12(23)24/h8,26H,3-7H2,1-2H3,(H,18,25)(H,23,24). The fraction of sp³-hybridized carbons (Fsp3) is 0.471. The number of hydrogen-bond donors (Lipinski definition) is 3. The summed E-state index contributed by atoms with van der Waals surface area (Å²) in [7, 11) is 0. The van der Waals surface area contributed by atoms with Crippen molar-refractivity contribution < 1.29 is 24.6 Å². The van der Waals surface area contributed by atoms with Gasteiger partial charge in [0.15, 0.2) is 5.56 Å². The molecule has 2 amide bonds. The molecule has 0 radical (unpaired) electrons. The minimum absolute atomic E-state index is 0.0370. The zero-order valence-electron chi connectivity index (χ0n) is 15.4. The Hall–Kier alpha value is -2.95. The number of amides is 2. The zero-order valence-corrected chi connectivity index (χ0v) is 16.2. The van der Waals surface area contributed by atoms with Crippen LogP contribution in [0.25, 0.3) is 4.96 Å². The molecule has 1 aliphatic rings. The topological polar surface area (TPSA) is 141 Å². The number of carboxylic acids is 1. The highest BCUT2D eigenvalue weighted by Gasteiger charge is 2.28. The molecule has 10 nitrogen and oxygen atoms in total. The van der Waals surface area contributed by atoms with Crippen molar-refractivity contribution in [1.82, 2.24) is 19.6 Å². The van der Waals surface area contributed by atoms with Gasteiger partial charge in [0.1, 0.15) is 6.54 Å². The maximum Gasteiger partial charge on any atom is 0.322 e. The van der Waals surface area contributed by atoms with E-state index in [-0.39, 0.29) is 16.8 Å². The van der Waals surface area contributed by atoms with E-state index >= 15 is 0 Å². The molecule has 0 atom stereocenters. The van der Waals surface area contributed by atoms with Crippen molar-refractivity contribution in [3.63, 3.8) is 0 Å². The zero-order chi connectivity index (χ0) is 20.6. The van der Waals surface area contributed by atoms with Crippen LogP contribution in [-0.2, 0) is 22.6 Å². The van der Waals surface area contributed by atoms with Crippen LogP contribution in [0.5, 0.6) is 5.88 Å². The molecule has 3 heterocycles. The van der Waals surface area contributed by atoms with Gasteiger partial charge in [0, 0.05) is 30.0 Å². The molecule has 0 spiro atoms. The van der Waals surface area contributed by atoms with Gasteiger partial charge in [-0.05, 0) is 5.92 Å². The molecule has 0 unspecified atom stereocenters. The highest BCUT2D eigenvalue weighted by molar-refractivity contribution is 7.17. The van der Waals surface area contributed by atoms with E-state index in [1.54, 1.807) is 4.90 Å². The first kappa shape index (κ1) is 19.8. The fourth-order valence-corrected chi connectivity index (χ4v) is 4.26. The first-order valence-electron chi connectivity index (χ1n) is 8.73. The van der Waals surface area contributed by atoms with E-state index in [4.69, 9.17) is 5.11 Å². The predicted octanol–water partition coefficient (Wildman–Crippen LogP) is 0.207. The highest BCUT2D eigenvalue weighted by Crippen LogP contribution is 2.29. The molecule has 0 bridgehead atoms. The number of aliphatic carboxylic acids is 1. The quantitative estimate of drug-likeness (QED) is 0.642. The summed E-state index contributed by atoms with van der Waals surface area (Å²) in [5.41, 5.74) is -0.708. The summed E-state index contributed by atoms with van der Waals surface area (Å²) in [6, 6.07) is 0. The van der Waals surface area contributed by atoms with Crippen molar-refractivity contribution in [1.29, 1.82) is 0 Å². The van der Waals surface area contributed by atoms with E-state index in [0.717, 1.165) is 4.88 Å². The lowest BCUT2D eigenvalue weighted by Crippen LogP contribution is -2.38. The summed E-state index contributed by atoms with van der Waals surface area (Å²) in [6.45, 7) is 4.04. The number of rotatable bonds is 5. The second-order valence-electron chi connectivity index (χ2n) is 6.95. The largest absolute Gasteiger partial charge is 0.492 e. The smallest absolute Gasteiger partial charge is 0.322 e. The van der Waals surface area contributed by atoms with Crippen LogP contribution in [-0.4, -0.2) is 55.4 Å². The number of fused-ring (bicyclic) bond motifs is 3. The normalized spacial score (nSPS) is 13.6. The van der Waals surface area contributed by atoms with Crippen molar-refractivity contribution in [3.05, 3.63) is 26.5 Å². The molecular weight excluding hydrogens is 388 g/mol. The number of carbonyl (C=O) groups excluding carboxylic acids is 2. The number of carboxylic acid groups (broad SMARTS) is 1. The molecule has 2 aromatic rings. The van der Waals surface area contributed by atoms with Gasteiger partial charge in [-0.2, -0.15) is 4.98 Å². The van der Waals surface area contributed by atoms with E-state index in [9.17, 15) is 24.3 Å². The maximum atomic E-state index is 12.8. The Morgan fingerprint density at radius 2 is 2.04 bits per heavy atom. The first-order valence-corrected chi connectivity index (χ1v) is 9.54. The molecule has 28 heavy (non-hydrogen) atoms. The van der Waals surface area contributed by atoms with Crippen LogP contribution in [0.2, 0.25) is 0 Å². The van der Waals surface area contributed by atoms with Crippen molar-refractivity contribution >= 4 is 34.1 Å². The number of thiazole rings is 1. The van der Waals surface area contributed by atoms with Gasteiger partial charge >= 0.3 is 5.97 Å². The molecule has 0 fully saturated rings. The van der Waals surface area contributed by atoms with Crippen LogP contribution in [0.3, 0.4) is 0 Å². The van der Waals surface area contributed by atoms with Gasteiger partial charge in [0.05, 0.1) is 6.54 Å². The van der Waals surface area contributed by atoms with Gasteiger partial charge in [-0.25, -0.2) is 0 Å². The third kappa shape index (κ3) is 3.70. The summed E-state index contributed by atoms with van der Waals surface area (Å²) in [5.74, 6) is -2.75. The Labute approximate surface area is 163 Å². The van der Waals surface area contributed by atoms with E-state index < -0.39 is 35.4 Å². The van der Waals surface area contributed by atoms with Crippen LogP contribution < -0.4 is 10.9 Å². The minimum Gasteiger partial charge on any atom is -0.492 e. The van der Waals surface area contributed by atoms with Crippen molar-refractivity contribution in [2.45, 2.75) is 33.2 Å². The molecule has 1 aliphatic heterocycles. The molecule has 0 aromatic carbocycles. The highest BCUT2D eigenvalue weighted by atomic mass is 32.1. The molecular formula is C17H20N4O6S. The number of aromatic nitrogens is 2. The van der Waals surface area contributed by atoms with Gasteiger partial charge in [0.2, 0.25) is 16.7 Å². The first-order chi connectivity index (χ1) is 13.2. The summed E-state index contributed by atoms with van der Waals surface area (Å²) in [6.07, 6.45) is 0.856. The summed E-state index contributed by atoms with van der Waals surface area (Å²) in [4.78, 5) is 54.5. The Kier molecular flexibility index (Phi) is 5.36. The lowest BCUT2D eigenvalue weighted by molar-refractivity contribution is -0.136. The average molecular weight is 408 g/mol. The van der Waals surface area contributed by atoms with Gasteiger partial charge in [-0.1, -0.05) is 25.2 Å². The Morgan fingerprint density at radius 3 is 2.68 bits per heavy atom. The van der Waals surface area contributed by atoms with Gasteiger partial charge in [-0.3, -0.25) is 23.6 Å². The van der Waals surface area contributed by atoms with Gasteiger partial charge in [0.25, 0.3) is 11.5 Å². The number of nitrogens with zero attached hydrogens (tertiary/aromatic N) is 3. The fourth-order valence-electron chi connectivity index (χ4n) is 3.09. The van der Waals surface area contributed by atoms with Crippen LogP contribution in [0.4, 0.5) is 0 Å². The van der Waals surface area contributed by atoms with E-state index in [0.29, 0.717) is 31.6 Å². The molecule has 0 saturated carbocycles. The Morgan fingerprint density at radius 1 is 1.32 bits per heavy atom. The summed E-state index contributed by atoms with van der Waals surface area (Å²) < 4.78 is 1.26. The molecule has 0 aliphatic carbocycles. The number of carbonyl (C=O) groups is 3. The monoisotopic (exact) mass is 408 g/mol. The third-order valence-electron chi connectivity index (χ3n) is 4.36. The second kappa shape index (κ2) is 7.58. The van der Waals surface area contributed by atoms with E-state index in [2.05, 4.69) is 10.3 Å². The number of nitrogens with one attached hydrogen (secondary N) is 1. The lowest BCUT2D eigenvalue weighted by atomic mass is 10.1. The van der Waals surface area contributed by atoms with Crippen molar-refractivity contribution in [3.8, 4) is 5.88 Å². The summed E-state index contributed by atoms with van der Waals surface area (Å²) >= 11 is 1.18. The van der Waals surface area contributed by atoms with E-state index in [1.165, 1.54) is 15.7 Å². The molecule has 0 saturated heterocycles. The SMILES string of the molecule is CC(C)CC(=O)N1CCc2c(sc3nc(O)c(C(=O)NCC(=O)O)c(=O)n23)C1.